The maximum absolute atomic E-state index is 13.0. The molecule has 0 saturated carbocycles. The van der Waals surface area contributed by atoms with Gasteiger partial charge in [0.25, 0.3) is 15.9 Å². The van der Waals surface area contributed by atoms with Gasteiger partial charge in [0.05, 0.1) is 18.6 Å². The number of amidine groups is 1. The van der Waals surface area contributed by atoms with E-state index in [4.69, 9.17) is 9.47 Å². The van der Waals surface area contributed by atoms with Crippen LogP contribution in [0.4, 0.5) is 0 Å². The van der Waals surface area contributed by atoms with E-state index in [2.05, 4.69) is 17.9 Å². The van der Waals surface area contributed by atoms with E-state index < -0.39 is 10.0 Å². The largest absolute Gasteiger partial charge is 0.493 e. The predicted octanol–water partition coefficient (Wildman–Crippen LogP) is 5.17. The molecule has 0 atom stereocenters. The molecular weight excluding hydrogens is 480 g/mol. The third-order valence-electron chi connectivity index (χ3n) is 4.64. The molecule has 0 radical (unpaired) electrons. The zero-order chi connectivity index (χ0) is 23.8. The van der Waals surface area contributed by atoms with Gasteiger partial charge in [-0.05, 0) is 53.4 Å². The maximum atomic E-state index is 13.0. The van der Waals surface area contributed by atoms with Gasteiger partial charge in [-0.15, -0.1) is 22.3 Å². The number of unbranched alkanes of at least 4 members (excludes halogenated alkanes) is 2. The number of carbonyl (C=O) groups is 1. The summed E-state index contributed by atoms with van der Waals surface area (Å²) in [6.07, 6.45) is 6.39. The Bertz CT molecular complexity index is 1150. The fourth-order valence-electron chi connectivity index (χ4n) is 3.00. The second kappa shape index (κ2) is 11.5. The van der Waals surface area contributed by atoms with Crippen LogP contribution in [0.2, 0.25) is 0 Å². The summed E-state index contributed by atoms with van der Waals surface area (Å²) in [5.74, 6) is 0.867. The summed E-state index contributed by atoms with van der Waals surface area (Å²) >= 11 is 2.09. The Balaban J connectivity index is 1.86. The molecule has 0 spiro atoms. The second-order valence-electron chi connectivity index (χ2n) is 7.06. The van der Waals surface area contributed by atoms with Crippen molar-refractivity contribution < 1.29 is 22.7 Å². The summed E-state index contributed by atoms with van der Waals surface area (Å²) in [5, 5.41) is 1.76. The van der Waals surface area contributed by atoms with Crippen molar-refractivity contribution in [2.24, 2.45) is 4.40 Å². The van der Waals surface area contributed by atoms with Gasteiger partial charge in [-0.3, -0.25) is 9.69 Å². The fraction of sp³-hybridized carbons (Fsp3) is 0.304. The molecule has 7 nitrogen and oxygen atoms in total. The standard InChI is InChI=1S/C23H26N2O5S3/c1-4-6-7-13-30-18-11-10-17(15-19(18)29-3)16-20-22(26)25(12-5-2)23(32-20)24-33(27,28)21-9-8-14-31-21/h5,8-11,14-16H,2,4,6-7,12-13H2,1,3H3. The van der Waals surface area contributed by atoms with E-state index in [9.17, 15) is 13.2 Å². The van der Waals surface area contributed by atoms with Gasteiger partial charge in [0.15, 0.2) is 16.7 Å². The lowest BCUT2D eigenvalue weighted by atomic mass is 10.2. The second-order valence-corrected chi connectivity index (χ2v) is 10.8. The summed E-state index contributed by atoms with van der Waals surface area (Å²) < 4.78 is 40.5. The van der Waals surface area contributed by atoms with Crippen LogP contribution in [-0.2, 0) is 14.8 Å². The Morgan fingerprint density at radius 3 is 2.70 bits per heavy atom. The first-order valence-electron chi connectivity index (χ1n) is 10.4. The van der Waals surface area contributed by atoms with Crippen molar-refractivity contribution in [3.63, 3.8) is 0 Å². The smallest absolute Gasteiger partial charge is 0.294 e. The molecule has 0 bridgehead atoms. The number of thiophene rings is 1. The summed E-state index contributed by atoms with van der Waals surface area (Å²) in [4.78, 5) is 14.6. The van der Waals surface area contributed by atoms with E-state index >= 15 is 0 Å². The van der Waals surface area contributed by atoms with Crippen LogP contribution in [0.3, 0.4) is 0 Å². The summed E-state index contributed by atoms with van der Waals surface area (Å²) in [6, 6.07) is 8.54. The van der Waals surface area contributed by atoms with Crippen molar-refractivity contribution in [3.8, 4) is 11.5 Å². The SMILES string of the molecule is C=CCN1C(=O)C(=Cc2ccc(OCCCCC)c(OC)c2)SC1=NS(=O)(=O)c1cccs1. The van der Waals surface area contributed by atoms with Crippen molar-refractivity contribution in [3.05, 3.63) is 58.8 Å². The topological polar surface area (TPSA) is 85.3 Å². The van der Waals surface area contributed by atoms with Gasteiger partial charge < -0.3 is 9.47 Å². The lowest BCUT2D eigenvalue weighted by Gasteiger charge is -2.12. The molecule has 2 aromatic rings. The quantitative estimate of drug-likeness (QED) is 0.237. The monoisotopic (exact) mass is 506 g/mol. The molecule has 10 heteroatoms. The summed E-state index contributed by atoms with van der Waals surface area (Å²) in [6.45, 7) is 6.55. The highest BCUT2D eigenvalue weighted by atomic mass is 32.2. The number of benzene rings is 1. The number of hydrogen-bond donors (Lipinski definition) is 0. The Kier molecular flexibility index (Phi) is 8.76. The van der Waals surface area contributed by atoms with Crippen LogP contribution < -0.4 is 9.47 Å². The minimum atomic E-state index is -3.91. The summed E-state index contributed by atoms with van der Waals surface area (Å²) in [5.41, 5.74) is 0.726. The van der Waals surface area contributed by atoms with Gasteiger partial charge in [0.1, 0.15) is 4.21 Å². The molecule has 2 heterocycles. The lowest BCUT2D eigenvalue weighted by Crippen LogP contribution is -2.29. The van der Waals surface area contributed by atoms with Crippen LogP contribution in [0, 0.1) is 0 Å². The van der Waals surface area contributed by atoms with Crippen LogP contribution in [-0.4, -0.2) is 44.7 Å². The number of thioether (sulfide) groups is 1. The zero-order valence-electron chi connectivity index (χ0n) is 18.5. The molecular formula is C23H26N2O5S3. The molecule has 1 amide bonds. The van der Waals surface area contributed by atoms with Gasteiger partial charge in [-0.25, -0.2) is 0 Å². The van der Waals surface area contributed by atoms with Crippen molar-refractivity contribution in [2.75, 3.05) is 20.3 Å². The molecule has 176 valence electrons. The average molecular weight is 507 g/mol. The van der Waals surface area contributed by atoms with Gasteiger partial charge in [0.2, 0.25) is 0 Å². The van der Waals surface area contributed by atoms with Crippen LogP contribution in [0.25, 0.3) is 6.08 Å². The fourth-order valence-corrected chi connectivity index (χ4v) is 6.16. The summed E-state index contributed by atoms with van der Waals surface area (Å²) in [7, 11) is -2.34. The highest BCUT2D eigenvalue weighted by molar-refractivity contribution is 8.19. The molecule has 1 aliphatic heterocycles. The molecule has 1 aromatic carbocycles. The van der Waals surface area contributed by atoms with Crippen molar-refractivity contribution in [2.45, 2.75) is 30.4 Å². The maximum Gasteiger partial charge on any atom is 0.294 e. The van der Waals surface area contributed by atoms with E-state index in [1.54, 1.807) is 36.8 Å². The van der Waals surface area contributed by atoms with Gasteiger partial charge in [-0.1, -0.05) is 38.0 Å². The van der Waals surface area contributed by atoms with E-state index in [0.717, 1.165) is 47.9 Å². The molecule has 3 rings (SSSR count). The van der Waals surface area contributed by atoms with Gasteiger partial charge in [0, 0.05) is 6.54 Å². The molecule has 1 aliphatic rings. The Hall–Kier alpha value is -2.56. The normalized spacial score (nSPS) is 16.5. The van der Waals surface area contributed by atoms with E-state index in [1.165, 1.54) is 17.0 Å². The first-order valence-corrected chi connectivity index (χ1v) is 13.5. The molecule has 33 heavy (non-hydrogen) atoms. The van der Waals surface area contributed by atoms with Crippen LogP contribution in [0.1, 0.15) is 31.7 Å². The van der Waals surface area contributed by atoms with E-state index in [1.807, 2.05) is 6.07 Å². The van der Waals surface area contributed by atoms with Crippen molar-refractivity contribution >= 4 is 50.3 Å². The first-order chi connectivity index (χ1) is 15.9. The molecule has 1 fully saturated rings. The number of rotatable bonds is 11. The van der Waals surface area contributed by atoms with Crippen molar-refractivity contribution in [1.29, 1.82) is 0 Å². The molecule has 0 aliphatic carbocycles. The number of hydrogen-bond acceptors (Lipinski definition) is 7. The van der Waals surface area contributed by atoms with E-state index in [0.29, 0.717) is 23.0 Å². The average Bonchev–Trinajstić information content (AvgIpc) is 3.43. The molecule has 1 aromatic heterocycles. The van der Waals surface area contributed by atoms with Crippen LogP contribution >= 0.6 is 23.1 Å². The third-order valence-corrected chi connectivity index (χ3v) is 8.40. The number of methoxy groups -OCH3 is 1. The van der Waals surface area contributed by atoms with Crippen molar-refractivity contribution in [1.82, 2.24) is 4.90 Å². The van der Waals surface area contributed by atoms with E-state index in [-0.39, 0.29) is 21.8 Å². The Morgan fingerprint density at radius 2 is 2.03 bits per heavy atom. The molecule has 0 N–H and O–H groups in total. The highest BCUT2D eigenvalue weighted by Gasteiger charge is 2.34. The number of amides is 1. The zero-order valence-corrected chi connectivity index (χ0v) is 21.0. The molecule has 1 saturated heterocycles. The number of sulfonamides is 1. The minimum Gasteiger partial charge on any atom is -0.493 e. The lowest BCUT2D eigenvalue weighted by molar-refractivity contribution is -0.121. The number of nitrogens with zero attached hydrogens (tertiary/aromatic N) is 2. The minimum absolute atomic E-state index is 0.0994. The Labute approximate surface area is 202 Å². The van der Waals surface area contributed by atoms with Gasteiger partial charge >= 0.3 is 0 Å². The third kappa shape index (κ3) is 6.27. The number of ether oxygens (including phenoxy) is 2. The van der Waals surface area contributed by atoms with Gasteiger partial charge in [-0.2, -0.15) is 8.42 Å². The molecule has 0 unspecified atom stereocenters. The Morgan fingerprint density at radius 1 is 1.21 bits per heavy atom. The van der Waals surface area contributed by atoms with Crippen LogP contribution in [0.15, 0.2) is 61.9 Å². The first kappa shape index (κ1) is 25.1. The van der Waals surface area contributed by atoms with Crippen LogP contribution in [0.5, 0.6) is 11.5 Å². The predicted molar refractivity (Wildman–Crippen MR) is 134 cm³/mol. The highest BCUT2D eigenvalue weighted by Crippen LogP contribution is 2.36. The number of carbonyl (C=O) groups excluding carboxylic acids is 1.